The van der Waals surface area contributed by atoms with Crippen LogP contribution >= 0.6 is 0 Å². The highest BCUT2D eigenvalue weighted by Gasteiger charge is 2.19. The average molecular weight is 296 g/mol. The van der Waals surface area contributed by atoms with E-state index in [1.807, 2.05) is 36.4 Å². The van der Waals surface area contributed by atoms with Crippen molar-refractivity contribution in [1.82, 2.24) is 20.1 Å². The third-order valence-corrected chi connectivity index (χ3v) is 3.47. The Labute approximate surface area is 127 Å². The Balaban J connectivity index is 1.86. The minimum Gasteiger partial charge on any atom is -0.481 e. The molecule has 22 heavy (non-hydrogen) atoms. The summed E-state index contributed by atoms with van der Waals surface area (Å²) >= 11 is 0. The zero-order chi connectivity index (χ0) is 15.5. The van der Waals surface area contributed by atoms with Crippen LogP contribution in [-0.4, -0.2) is 40.1 Å². The van der Waals surface area contributed by atoms with Crippen molar-refractivity contribution >= 4 is 16.8 Å². The zero-order valence-corrected chi connectivity index (χ0v) is 12.4. The van der Waals surface area contributed by atoms with Gasteiger partial charge in [0.1, 0.15) is 0 Å². The van der Waals surface area contributed by atoms with Gasteiger partial charge in [0.15, 0.2) is 5.69 Å². The summed E-state index contributed by atoms with van der Waals surface area (Å²) in [5, 5.41) is 7.83. The van der Waals surface area contributed by atoms with Gasteiger partial charge in [-0.25, -0.2) is 4.98 Å². The van der Waals surface area contributed by atoms with E-state index in [-0.39, 0.29) is 5.91 Å². The van der Waals surface area contributed by atoms with Crippen molar-refractivity contribution in [3.8, 4) is 5.88 Å². The van der Waals surface area contributed by atoms with E-state index in [1.165, 1.54) is 0 Å². The van der Waals surface area contributed by atoms with E-state index in [0.717, 1.165) is 16.5 Å². The molecule has 0 unspecified atom stereocenters. The number of fused-ring (bicyclic) bond motifs is 1. The fourth-order valence-electron chi connectivity index (χ4n) is 2.36. The lowest BCUT2D eigenvalue weighted by molar-refractivity contribution is 0.0780. The molecular weight excluding hydrogens is 280 g/mol. The number of aromatic nitrogens is 3. The third-order valence-electron chi connectivity index (χ3n) is 3.47. The van der Waals surface area contributed by atoms with Crippen LogP contribution < -0.4 is 4.74 Å². The minimum absolute atomic E-state index is 0.150. The van der Waals surface area contributed by atoms with E-state index < -0.39 is 0 Å². The molecular formula is C16H16N4O2. The number of H-pyrrole nitrogens is 1. The molecule has 0 atom stereocenters. The molecule has 2 heterocycles. The van der Waals surface area contributed by atoms with Gasteiger partial charge in [0, 0.05) is 24.2 Å². The Hall–Kier alpha value is -2.89. The standard InChI is InChI=1S/C16H16N4O2/c1-20(10-11-6-5-9-17-15(11)22-2)16(21)14-12-7-3-4-8-13(12)18-19-14/h3-9H,10H2,1-2H3,(H,18,19). The van der Waals surface area contributed by atoms with Gasteiger partial charge in [0.2, 0.25) is 5.88 Å². The maximum absolute atomic E-state index is 12.6. The molecule has 1 N–H and O–H groups in total. The topological polar surface area (TPSA) is 71.1 Å². The highest BCUT2D eigenvalue weighted by molar-refractivity contribution is 6.04. The Morgan fingerprint density at radius 3 is 2.91 bits per heavy atom. The summed E-state index contributed by atoms with van der Waals surface area (Å²) in [5.74, 6) is 0.373. The first-order chi connectivity index (χ1) is 10.7. The smallest absolute Gasteiger partial charge is 0.275 e. The predicted molar refractivity (Wildman–Crippen MR) is 82.7 cm³/mol. The lowest BCUT2D eigenvalue weighted by atomic mass is 10.2. The van der Waals surface area contributed by atoms with Crippen LogP contribution in [0.2, 0.25) is 0 Å². The first-order valence-electron chi connectivity index (χ1n) is 6.87. The quantitative estimate of drug-likeness (QED) is 0.801. The summed E-state index contributed by atoms with van der Waals surface area (Å²) in [6, 6.07) is 11.3. The van der Waals surface area contributed by atoms with Crippen LogP contribution in [0.1, 0.15) is 16.1 Å². The van der Waals surface area contributed by atoms with E-state index in [1.54, 1.807) is 25.3 Å². The number of carbonyl (C=O) groups excluding carboxylic acids is 1. The number of carbonyl (C=O) groups is 1. The third kappa shape index (κ3) is 2.50. The Morgan fingerprint density at radius 1 is 1.27 bits per heavy atom. The molecule has 2 aromatic heterocycles. The van der Waals surface area contributed by atoms with E-state index in [4.69, 9.17) is 4.74 Å². The Morgan fingerprint density at radius 2 is 2.09 bits per heavy atom. The van der Waals surface area contributed by atoms with E-state index in [9.17, 15) is 4.79 Å². The van der Waals surface area contributed by atoms with Crippen LogP contribution in [0.15, 0.2) is 42.6 Å². The molecule has 1 aromatic carbocycles. The second kappa shape index (κ2) is 5.85. The summed E-state index contributed by atoms with van der Waals surface area (Å²) < 4.78 is 5.22. The van der Waals surface area contributed by atoms with Crippen molar-refractivity contribution in [2.75, 3.05) is 14.2 Å². The first-order valence-corrected chi connectivity index (χ1v) is 6.87. The van der Waals surface area contributed by atoms with Crippen molar-refractivity contribution in [3.05, 3.63) is 53.9 Å². The van der Waals surface area contributed by atoms with Gasteiger partial charge in [-0.3, -0.25) is 9.89 Å². The number of hydrogen-bond donors (Lipinski definition) is 1. The number of pyridine rings is 1. The predicted octanol–water partition coefficient (Wildman–Crippen LogP) is 2.24. The molecule has 0 saturated heterocycles. The lowest BCUT2D eigenvalue weighted by Gasteiger charge is -2.17. The van der Waals surface area contributed by atoms with Crippen molar-refractivity contribution < 1.29 is 9.53 Å². The number of aromatic amines is 1. The number of nitrogens with zero attached hydrogens (tertiary/aromatic N) is 3. The first kappa shape index (κ1) is 14.1. The van der Waals surface area contributed by atoms with Crippen LogP contribution in [-0.2, 0) is 6.54 Å². The molecule has 6 heteroatoms. The number of benzene rings is 1. The number of methoxy groups -OCH3 is 1. The molecule has 0 fully saturated rings. The normalized spacial score (nSPS) is 10.6. The van der Waals surface area contributed by atoms with Gasteiger partial charge in [-0.2, -0.15) is 5.10 Å². The fraction of sp³-hybridized carbons (Fsp3) is 0.188. The van der Waals surface area contributed by atoms with Crippen molar-refractivity contribution in [1.29, 1.82) is 0 Å². The van der Waals surface area contributed by atoms with Gasteiger partial charge in [0.05, 0.1) is 19.2 Å². The van der Waals surface area contributed by atoms with Gasteiger partial charge >= 0.3 is 0 Å². The maximum Gasteiger partial charge on any atom is 0.275 e. The van der Waals surface area contributed by atoms with Crippen molar-refractivity contribution in [2.24, 2.45) is 0 Å². The lowest BCUT2D eigenvalue weighted by Crippen LogP contribution is -2.27. The molecule has 0 spiro atoms. The molecule has 112 valence electrons. The molecule has 0 aliphatic rings. The van der Waals surface area contributed by atoms with Crippen LogP contribution in [0.4, 0.5) is 0 Å². The summed E-state index contributed by atoms with van der Waals surface area (Å²) in [5.41, 5.74) is 2.11. The molecule has 6 nitrogen and oxygen atoms in total. The van der Waals surface area contributed by atoms with E-state index in [0.29, 0.717) is 18.1 Å². The van der Waals surface area contributed by atoms with Gasteiger partial charge in [-0.1, -0.05) is 24.3 Å². The summed E-state index contributed by atoms with van der Waals surface area (Å²) in [4.78, 5) is 18.3. The monoisotopic (exact) mass is 296 g/mol. The number of hydrogen-bond acceptors (Lipinski definition) is 4. The fourth-order valence-corrected chi connectivity index (χ4v) is 2.36. The van der Waals surface area contributed by atoms with Crippen molar-refractivity contribution in [2.45, 2.75) is 6.54 Å². The summed E-state index contributed by atoms with van der Waals surface area (Å²) in [6.45, 7) is 0.400. The molecule has 0 saturated carbocycles. The molecule has 0 aliphatic carbocycles. The second-order valence-electron chi connectivity index (χ2n) is 4.95. The zero-order valence-electron chi connectivity index (χ0n) is 12.4. The molecule has 3 rings (SSSR count). The van der Waals surface area contributed by atoms with Gasteiger partial charge in [0.25, 0.3) is 5.91 Å². The molecule has 0 aliphatic heterocycles. The highest BCUT2D eigenvalue weighted by Crippen LogP contribution is 2.19. The van der Waals surface area contributed by atoms with Crippen LogP contribution in [0, 0.1) is 0 Å². The number of ether oxygens (including phenoxy) is 1. The highest BCUT2D eigenvalue weighted by atomic mass is 16.5. The largest absolute Gasteiger partial charge is 0.481 e. The average Bonchev–Trinajstić information content (AvgIpc) is 2.98. The van der Waals surface area contributed by atoms with Crippen LogP contribution in [0.3, 0.4) is 0 Å². The van der Waals surface area contributed by atoms with Gasteiger partial charge in [-0.05, 0) is 12.1 Å². The Bertz CT molecular complexity index is 813. The number of nitrogens with one attached hydrogen (secondary N) is 1. The van der Waals surface area contributed by atoms with E-state index >= 15 is 0 Å². The number of para-hydroxylation sites is 1. The summed E-state index contributed by atoms with van der Waals surface area (Å²) in [6.07, 6.45) is 1.66. The summed E-state index contributed by atoms with van der Waals surface area (Å²) in [7, 11) is 3.30. The van der Waals surface area contributed by atoms with Gasteiger partial charge in [-0.15, -0.1) is 0 Å². The molecule has 1 amide bonds. The van der Waals surface area contributed by atoms with Gasteiger partial charge < -0.3 is 9.64 Å². The van der Waals surface area contributed by atoms with Crippen molar-refractivity contribution in [3.63, 3.8) is 0 Å². The minimum atomic E-state index is -0.150. The Kier molecular flexibility index (Phi) is 3.74. The number of rotatable bonds is 4. The number of amides is 1. The van der Waals surface area contributed by atoms with Crippen LogP contribution in [0.25, 0.3) is 10.9 Å². The molecule has 3 aromatic rings. The molecule has 0 radical (unpaired) electrons. The maximum atomic E-state index is 12.6. The van der Waals surface area contributed by atoms with Crippen LogP contribution in [0.5, 0.6) is 5.88 Å². The second-order valence-corrected chi connectivity index (χ2v) is 4.95. The van der Waals surface area contributed by atoms with E-state index in [2.05, 4.69) is 15.2 Å². The molecule has 0 bridgehead atoms. The SMILES string of the molecule is COc1ncccc1CN(C)C(=O)c1n[nH]c2ccccc12.